The van der Waals surface area contributed by atoms with Crippen LogP contribution in [0, 0.1) is 0 Å². The Hall–Kier alpha value is -4.24. The molecule has 4 unspecified atom stereocenters. The van der Waals surface area contributed by atoms with Crippen molar-refractivity contribution in [3.05, 3.63) is 29.8 Å². The van der Waals surface area contributed by atoms with Crippen molar-refractivity contribution in [2.45, 2.75) is 62.7 Å². The number of carbonyl (C=O) groups is 6. The lowest BCUT2D eigenvalue weighted by molar-refractivity contribution is -0.147. The van der Waals surface area contributed by atoms with Gasteiger partial charge in [0.15, 0.2) is 0 Å². The van der Waals surface area contributed by atoms with Gasteiger partial charge in [-0.1, -0.05) is 12.1 Å². The van der Waals surface area contributed by atoms with Gasteiger partial charge in [-0.25, -0.2) is 4.79 Å². The van der Waals surface area contributed by atoms with Crippen LogP contribution >= 0.6 is 0 Å². The summed E-state index contributed by atoms with van der Waals surface area (Å²) in [6.07, 6.45) is -0.510. The van der Waals surface area contributed by atoms with Crippen LogP contribution in [-0.2, 0) is 35.2 Å². The first kappa shape index (κ1) is 31.8. The Kier molecular flexibility index (Phi) is 13.2. The number of hydrogen-bond donors (Lipinski definition) is 9. The maximum absolute atomic E-state index is 13.2. The number of unbranched alkanes of at least 4 members (excludes halogenated alkanes) is 1. The number of rotatable bonds is 17. The van der Waals surface area contributed by atoms with Crippen molar-refractivity contribution < 1.29 is 44.1 Å². The maximum atomic E-state index is 13.2. The molecular weight excluding hydrogens is 504 g/mol. The SMILES string of the molecule is NCCCCC(NC(=O)C(N)CC(N)=O)C(=O)NC(Cc1ccc(O)cc1)C(=O)NC(CC(=O)O)C(=O)O. The van der Waals surface area contributed by atoms with E-state index in [1.807, 2.05) is 0 Å². The predicted octanol–water partition coefficient (Wildman–Crippen LogP) is -2.72. The number of benzene rings is 1. The molecule has 0 radical (unpaired) electrons. The highest BCUT2D eigenvalue weighted by molar-refractivity contribution is 5.95. The third-order valence-electron chi connectivity index (χ3n) is 5.34. The van der Waals surface area contributed by atoms with Crippen LogP contribution < -0.4 is 33.2 Å². The van der Waals surface area contributed by atoms with Gasteiger partial charge >= 0.3 is 11.9 Å². The number of nitrogens with two attached hydrogens (primary N) is 3. The molecule has 0 saturated carbocycles. The summed E-state index contributed by atoms with van der Waals surface area (Å²) in [6.45, 7) is 0.315. The van der Waals surface area contributed by atoms with Gasteiger partial charge in [-0.3, -0.25) is 24.0 Å². The van der Waals surface area contributed by atoms with E-state index in [0.29, 0.717) is 24.9 Å². The highest BCUT2D eigenvalue weighted by Crippen LogP contribution is 2.12. The van der Waals surface area contributed by atoms with Gasteiger partial charge in [-0.2, -0.15) is 0 Å². The van der Waals surface area contributed by atoms with Crippen molar-refractivity contribution in [2.24, 2.45) is 17.2 Å². The minimum atomic E-state index is -1.77. The van der Waals surface area contributed by atoms with E-state index in [9.17, 15) is 39.0 Å². The number of carboxylic acid groups (broad SMARTS) is 2. The number of aromatic hydroxyl groups is 1. The average molecular weight is 539 g/mol. The minimum absolute atomic E-state index is 0.0545. The van der Waals surface area contributed by atoms with Gasteiger partial charge in [0.1, 0.15) is 23.9 Å². The monoisotopic (exact) mass is 538 g/mol. The molecule has 1 aromatic rings. The smallest absolute Gasteiger partial charge is 0.326 e. The van der Waals surface area contributed by atoms with Crippen molar-refractivity contribution in [2.75, 3.05) is 6.54 Å². The fourth-order valence-corrected chi connectivity index (χ4v) is 3.35. The van der Waals surface area contributed by atoms with E-state index in [1.165, 1.54) is 24.3 Å². The van der Waals surface area contributed by atoms with Crippen LogP contribution in [0.2, 0.25) is 0 Å². The number of primary amides is 1. The van der Waals surface area contributed by atoms with Crippen LogP contribution in [0.25, 0.3) is 0 Å². The number of phenolic OH excluding ortho intramolecular Hbond substituents is 1. The standard InChI is InChI=1S/C23H34N6O9/c24-8-2-1-3-15(27-20(34)14(25)10-18(26)31)21(35)28-16(9-12-4-6-13(30)7-5-12)22(36)29-17(23(37)38)11-19(32)33/h4-7,14-17,30H,1-3,8-11,24-25H2,(H2,26,31)(H,27,34)(H,28,35)(H,29,36)(H,32,33)(H,37,38). The normalized spacial score (nSPS) is 13.8. The molecular formula is C23H34N6O9. The van der Waals surface area contributed by atoms with Crippen molar-refractivity contribution >= 4 is 35.6 Å². The Morgan fingerprint density at radius 1 is 0.789 bits per heavy atom. The molecule has 0 heterocycles. The van der Waals surface area contributed by atoms with Gasteiger partial charge in [0.05, 0.1) is 18.9 Å². The van der Waals surface area contributed by atoms with Crippen molar-refractivity contribution in [1.29, 1.82) is 0 Å². The second kappa shape index (κ2) is 15.8. The fraction of sp³-hybridized carbons (Fsp3) is 0.478. The van der Waals surface area contributed by atoms with Crippen molar-refractivity contribution in [3.8, 4) is 5.75 Å². The van der Waals surface area contributed by atoms with E-state index >= 15 is 0 Å². The first-order valence-corrected chi connectivity index (χ1v) is 11.7. The number of phenols is 1. The van der Waals surface area contributed by atoms with Gasteiger partial charge in [0, 0.05) is 6.42 Å². The van der Waals surface area contributed by atoms with E-state index in [0.717, 1.165) is 0 Å². The van der Waals surface area contributed by atoms with Gasteiger partial charge in [-0.05, 0) is 43.5 Å². The highest BCUT2D eigenvalue weighted by atomic mass is 16.4. The van der Waals surface area contributed by atoms with Crippen LogP contribution in [0.15, 0.2) is 24.3 Å². The molecule has 0 aliphatic carbocycles. The van der Waals surface area contributed by atoms with Crippen LogP contribution in [0.1, 0.15) is 37.7 Å². The van der Waals surface area contributed by atoms with Gasteiger partial charge in [0.25, 0.3) is 0 Å². The number of aliphatic carboxylic acids is 2. The maximum Gasteiger partial charge on any atom is 0.326 e. The highest BCUT2D eigenvalue weighted by Gasteiger charge is 2.31. The number of carbonyl (C=O) groups excluding carboxylic acids is 4. The summed E-state index contributed by atoms with van der Waals surface area (Å²) < 4.78 is 0. The second-order valence-electron chi connectivity index (χ2n) is 8.55. The van der Waals surface area contributed by atoms with Gasteiger partial charge < -0.3 is 48.5 Å². The lowest BCUT2D eigenvalue weighted by Gasteiger charge is -2.25. The molecule has 15 nitrogen and oxygen atoms in total. The van der Waals surface area contributed by atoms with Crippen molar-refractivity contribution in [1.82, 2.24) is 16.0 Å². The van der Waals surface area contributed by atoms with Gasteiger partial charge in [-0.15, -0.1) is 0 Å². The fourth-order valence-electron chi connectivity index (χ4n) is 3.35. The first-order valence-electron chi connectivity index (χ1n) is 11.7. The summed E-state index contributed by atoms with van der Waals surface area (Å²) >= 11 is 0. The molecule has 4 amide bonds. The summed E-state index contributed by atoms with van der Waals surface area (Å²) in [4.78, 5) is 72.1. The quantitative estimate of drug-likeness (QED) is 0.0918. The van der Waals surface area contributed by atoms with Crippen LogP contribution in [-0.4, -0.2) is 81.6 Å². The molecule has 0 aromatic heterocycles. The zero-order chi connectivity index (χ0) is 28.8. The summed E-state index contributed by atoms with van der Waals surface area (Å²) in [5.41, 5.74) is 16.7. The zero-order valence-electron chi connectivity index (χ0n) is 20.6. The summed E-state index contributed by atoms with van der Waals surface area (Å²) in [7, 11) is 0. The Labute approximate surface area is 218 Å². The Bertz CT molecular complexity index is 1000. The first-order chi connectivity index (χ1) is 17.8. The Balaban J connectivity index is 3.17. The number of nitrogens with one attached hydrogen (secondary N) is 3. The summed E-state index contributed by atoms with van der Waals surface area (Å²) in [6, 6.07) is -0.0622. The molecule has 0 aliphatic rings. The van der Waals surface area contributed by atoms with Crippen LogP contribution in [0.5, 0.6) is 5.75 Å². The van der Waals surface area contributed by atoms with Crippen LogP contribution in [0.3, 0.4) is 0 Å². The second-order valence-corrected chi connectivity index (χ2v) is 8.55. The molecule has 0 saturated heterocycles. The minimum Gasteiger partial charge on any atom is -0.508 e. The number of carboxylic acids is 2. The number of hydrogen-bond acceptors (Lipinski definition) is 9. The van der Waals surface area contributed by atoms with E-state index < -0.39 is 72.6 Å². The Morgan fingerprint density at radius 3 is 1.87 bits per heavy atom. The van der Waals surface area contributed by atoms with E-state index in [1.54, 1.807) is 0 Å². The molecule has 12 N–H and O–H groups in total. The molecule has 15 heteroatoms. The number of amides is 4. The molecule has 0 spiro atoms. The molecule has 0 bridgehead atoms. The molecule has 4 atom stereocenters. The molecule has 210 valence electrons. The third-order valence-corrected chi connectivity index (χ3v) is 5.34. The molecule has 38 heavy (non-hydrogen) atoms. The largest absolute Gasteiger partial charge is 0.508 e. The average Bonchev–Trinajstić information content (AvgIpc) is 2.82. The molecule has 0 aliphatic heterocycles. The lowest BCUT2D eigenvalue weighted by Crippen LogP contribution is -2.58. The summed E-state index contributed by atoms with van der Waals surface area (Å²) in [5.74, 6) is -6.57. The predicted molar refractivity (Wildman–Crippen MR) is 132 cm³/mol. The van der Waals surface area contributed by atoms with Crippen LogP contribution in [0.4, 0.5) is 0 Å². The van der Waals surface area contributed by atoms with E-state index in [4.69, 9.17) is 22.3 Å². The molecule has 1 aromatic carbocycles. The third kappa shape index (κ3) is 11.7. The van der Waals surface area contributed by atoms with E-state index in [2.05, 4.69) is 16.0 Å². The van der Waals surface area contributed by atoms with E-state index in [-0.39, 0.29) is 18.6 Å². The summed E-state index contributed by atoms with van der Waals surface area (Å²) in [5, 5.41) is 34.7. The Morgan fingerprint density at radius 2 is 1.34 bits per heavy atom. The van der Waals surface area contributed by atoms with Gasteiger partial charge in [0.2, 0.25) is 23.6 Å². The van der Waals surface area contributed by atoms with Crippen molar-refractivity contribution in [3.63, 3.8) is 0 Å². The lowest BCUT2D eigenvalue weighted by atomic mass is 10.0. The zero-order valence-corrected chi connectivity index (χ0v) is 20.6. The topological polar surface area (TPSA) is 277 Å². The molecule has 1 rings (SSSR count). The molecule has 0 fully saturated rings.